The lowest BCUT2D eigenvalue weighted by atomic mass is 10.2. The van der Waals surface area contributed by atoms with E-state index in [0.29, 0.717) is 13.0 Å². The predicted molar refractivity (Wildman–Crippen MR) is 94.0 cm³/mol. The molecule has 1 aliphatic rings. The maximum Gasteiger partial charge on any atom is 0.224 e. The van der Waals surface area contributed by atoms with Crippen molar-refractivity contribution >= 4 is 33.3 Å². The van der Waals surface area contributed by atoms with Crippen molar-refractivity contribution in [2.24, 2.45) is 0 Å². The molecule has 6 nitrogen and oxygen atoms in total. The largest absolute Gasteiger partial charge is 0.369 e. The molecule has 0 aliphatic carbocycles. The highest BCUT2D eigenvalue weighted by Crippen LogP contribution is 2.28. The second-order valence-corrected chi connectivity index (χ2v) is 6.98. The highest BCUT2D eigenvalue weighted by atomic mass is 32.1. The summed E-state index contributed by atoms with van der Waals surface area (Å²) in [6.07, 6.45) is 3.09. The van der Waals surface area contributed by atoms with Crippen molar-refractivity contribution in [3.8, 4) is 0 Å². The summed E-state index contributed by atoms with van der Waals surface area (Å²) < 4.78 is 0. The lowest BCUT2D eigenvalue weighted by Gasteiger charge is -2.32. The summed E-state index contributed by atoms with van der Waals surface area (Å²) in [6.45, 7) is 6.32. The van der Waals surface area contributed by atoms with Gasteiger partial charge in [0.05, 0.1) is 5.39 Å². The SMILES string of the molecule is CCc1cc2c(NCCC(=O)N3CCN(C)CC3)ncnc2s1. The normalized spacial score (nSPS) is 16.0. The number of nitrogens with one attached hydrogen (secondary N) is 1. The molecule has 1 saturated heterocycles. The van der Waals surface area contributed by atoms with Crippen molar-refractivity contribution in [2.75, 3.05) is 45.1 Å². The van der Waals surface area contributed by atoms with Gasteiger partial charge in [-0.2, -0.15) is 0 Å². The molecule has 7 heteroatoms. The number of aromatic nitrogens is 2. The lowest BCUT2D eigenvalue weighted by Crippen LogP contribution is -2.47. The second-order valence-electron chi connectivity index (χ2n) is 5.87. The van der Waals surface area contributed by atoms with E-state index in [9.17, 15) is 4.79 Å². The molecule has 1 amide bonds. The van der Waals surface area contributed by atoms with Crippen LogP contribution < -0.4 is 5.32 Å². The molecule has 0 atom stereocenters. The summed E-state index contributed by atoms with van der Waals surface area (Å²) in [5.74, 6) is 1.05. The lowest BCUT2D eigenvalue weighted by molar-refractivity contribution is -0.132. The molecule has 0 bridgehead atoms. The number of aryl methyl sites for hydroxylation is 1. The van der Waals surface area contributed by atoms with Crippen LogP contribution in [0.2, 0.25) is 0 Å². The molecule has 0 aromatic carbocycles. The van der Waals surface area contributed by atoms with E-state index < -0.39 is 0 Å². The van der Waals surface area contributed by atoms with Gasteiger partial charge < -0.3 is 15.1 Å². The van der Waals surface area contributed by atoms with Crippen LogP contribution in [-0.4, -0.2) is 65.4 Å². The van der Waals surface area contributed by atoms with E-state index in [1.165, 1.54) is 4.88 Å². The first-order valence-electron chi connectivity index (χ1n) is 8.11. The Labute approximate surface area is 140 Å². The van der Waals surface area contributed by atoms with Crippen molar-refractivity contribution in [1.29, 1.82) is 0 Å². The zero-order valence-electron chi connectivity index (χ0n) is 13.7. The molecule has 2 aromatic heterocycles. The smallest absolute Gasteiger partial charge is 0.224 e. The number of anilines is 1. The Kier molecular flexibility index (Phi) is 5.07. The molecule has 3 heterocycles. The van der Waals surface area contributed by atoms with E-state index in [-0.39, 0.29) is 5.91 Å². The Morgan fingerprint density at radius 1 is 1.30 bits per heavy atom. The van der Waals surface area contributed by atoms with E-state index in [0.717, 1.165) is 48.6 Å². The minimum atomic E-state index is 0.218. The van der Waals surface area contributed by atoms with Crippen molar-refractivity contribution < 1.29 is 4.79 Å². The topological polar surface area (TPSA) is 61.4 Å². The Morgan fingerprint density at radius 3 is 2.83 bits per heavy atom. The maximum atomic E-state index is 12.2. The molecule has 0 radical (unpaired) electrons. The highest BCUT2D eigenvalue weighted by molar-refractivity contribution is 7.18. The van der Waals surface area contributed by atoms with E-state index in [1.54, 1.807) is 17.7 Å². The van der Waals surface area contributed by atoms with Gasteiger partial charge >= 0.3 is 0 Å². The molecular formula is C16H23N5OS. The summed E-state index contributed by atoms with van der Waals surface area (Å²) >= 11 is 1.70. The quantitative estimate of drug-likeness (QED) is 0.904. The first-order chi connectivity index (χ1) is 11.2. The number of fused-ring (bicyclic) bond motifs is 1. The minimum Gasteiger partial charge on any atom is -0.369 e. The number of likely N-dealkylation sites (N-methyl/N-ethyl adjacent to an activating group) is 1. The summed E-state index contributed by atoms with van der Waals surface area (Å²) in [5, 5.41) is 4.36. The predicted octanol–water partition coefficient (Wildman–Crippen LogP) is 1.83. The van der Waals surface area contributed by atoms with E-state index in [1.807, 2.05) is 4.90 Å². The van der Waals surface area contributed by atoms with E-state index in [2.05, 4.69) is 40.2 Å². The molecule has 0 saturated carbocycles. The number of hydrogen-bond donors (Lipinski definition) is 1. The van der Waals surface area contributed by atoms with Crippen LogP contribution in [0, 0.1) is 0 Å². The number of amides is 1. The molecular weight excluding hydrogens is 310 g/mol. The summed E-state index contributed by atoms with van der Waals surface area (Å²) in [7, 11) is 2.09. The zero-order valence-corrected chi connectivity index (χ0v) is 14.5. The fourth-order valence-corrected chi connectivity index (χ4v) is 3.66. The number of nitrogens with zero attached hydrogens (tertiary/aromatic N) is 4. The van der Waals surface area contributed by atoms with Crippen LogP contribution in [0.25, 0.3) is 10.2 Å². The maximum absolute atomic E-state index is 12.2. The zero-order chi connectivity index (χ0) is 16.2. The molecule has 23 heavy (non-hydrogen) atoms. The molecule has 1 N–H and O–H groups in total. The van der Waals surface area contributed by atoms with Gasteiger partial charge in [-0.1, -0.05) is 6.92 Å². The number of carbonyl (C=O) groups excluding carboxylic acids is 1. The van der Waals surface area contributed by atoms with Crippen LogP contribution in [0.3, 0.4) is 0 Å². The standard InChI is InChI=1S/C16H23N5OS/c1-3-12-10-13-15(18-11-19-16(13)23-12)17-5-4-14(22)21-8-6-20(2)7-9-21/h10-11H,3-9H2,1-2H3,(H,17,18,19). The Bertz CT molecular complexity index is 678. The molecule has 1 fully saturated rings. The van der Waals surface area contributed by atoms with Crippen molar-refractivity contribution in [3.63, 3.8) is 0 Å². The number of thiophene rings is 1. The molecule has 0 unspecified atom stereocenters. The van der Waals surface area contributed by atoms with Crippen LogP contribution >= 0.6 is 11.3 Å². The third-order valence-corrected chi connectivity index (χ3v) is 5.40. The first kappa shape index (κ1) is 16.1. The number of rotatable bonds is 5. The monoisotopic (exact) mass is 333 g/mol. The van der Waals surface area contributed by atoms with Gasteiger partial charge in [0.25, 0.3) is 0 Å². The molecule has 3 rings (SSSR count). The van der Waals surface area contributed by atoms with Gasteiger partial charge in [0.15, 0.2) is 0 Å². The molecule has 124 valence electrons. The number of carbonyl (C=O) groups is 1. The first-order valence-corrected chi connectivity index (χ1v) is 8.92. The van der Waals surface area contributed by atoms with Crippen LogP contribution in [0.15, 0.2) is 12.4 Å². The van der Waals surface area contributed by atoms with Crippen LogP contribution in [0.5, 0.6) is 0 Å². The summed E-state index contributed by atoms with van der Waals surface area (Å²) in [4.78, 5) is 27.4. The van der Waals surface area contributed by atoms with Gasteiger partial charge in [-0.25, -0.2) is 9.97 Å². The highest BCUT2D eigenvalue weighted by Gasteiger charge is 2.18. The van der Waals surface area contributed by atoms with Crippen LogP contribution in [0.4, 0.5) is 5.82 Å². The average molecular weight is 333 g/mol. The third-order valence-electron chi connectivity index (χ3n) is 4.22. The van der Waals surface area contributed by atoms with Gasteiger partial charge in [-0.05, 0) is 19.5 Å². The van der Waals surface area contributed by atoms with Crippen molar-refractivity contribution in [3.05, 3.63) is 17.3 Å². The van der Waals surface area contributed by atoms with Gasteiger partial charge in [0.1, 0.15) is 17.0 Å². The molecule has 2 aromatic rings. The van der Waals surface area contributed by atoms with Gasteiger partial charge in [-0.3, -0.25) is 4.79 Å². The average Bonchev–Trinajstić information content (AvgIpc) is 2.99. The van der Waals surface area contributed by atoms with Crippen molar-refractivity contribution in [2.45, 2.75) is 19.8 Å². The van der Waals surface area contributed by atoms with Crippen LogP contribution in [-0.2, 0) is 11.2 Å². The fourth-order valence-electron chi connectivity index (χ4n) is 2.72. The van der Waals surface area contributed by atoms with E-state index in [4.69, 9.17) is 0 Å². The van der Waals surface area contributed by atoms with Crippen LogP contribution in [0.1, 0.15) is 18.2 Å². The van der Waals surface area contributed by atoms with Gasteiger partial charge in [0, 0.05) is 44.0 Å². The van der Waals surface area contributed by atoms with E-state index >= 15 is 0 Å². The summed E-state index contributed by atoms with van der Waals surface area (Å²) in [6, 6.07) is 2.14. The van der Waals surface area contributed by atoms with Gasteiger partial charge in [-0.15, -0.1) is 11.3 Å². The third kappa shape index (κ3) is 3.79. The second kappa shape index (κ2) is 7.23. The fraction of sp³-hybridized carbons (Fsp3) is 0.562. The summed E-state index contributed by atoms with van der Waals surface area (Å²) in [5.41, 5.74) is 0. The Morgan fingerprint density at radius 2 is 2.09 bits per heavy atom. The van der Waals surface area contributed by atoms with Crippen molar-refractivity contribution in [1.82, 2.24) is 19.8 Å². The Balaban J connectivity index is 1.56. The Hall–Kier alpha value is -1.73. The minimum absolute atomic E-state index is 0.218. The number of piperazine rings is 1. The molecule has 0 spiro atoms. The van der Waals surface area contributed by atoms with Gasteiger partial charge in [0.2, 0.25) is 5.91 Å². The number of hydrogen-bond acceptors (Lipinski definition) is 6. The molecule has 1 aliphatic heterocycles.